The van der Waals surface area contributed by atoms with E-state index in [1.165, 1.54) is 25.2 Å². The summed E-state index contributed by atoms with van der Waals surface area (Å²) in [6.45, 7) is 0.601. The normalized spacial score (nSPS) is 15.8. The molecule has 0 aliphatic heterocycles. The van der Waals surface area contributed by atoms with E-state index in [-0.39, 0.29) is 36.1 Å². The van der Waals surface area contributed by atoms with Crippen LogP contribution in [-0.4, -0.2) is 46.6 Å². The summed E-state index contributed by atoms with van der Waals surface area (Å²) in [5.41, 5.74) is 0.289. The van der Waals surface area contributed by atoms with E-state index in [4.69, 9.17) is 0 Å². The van der Waals surface area contributed by atoms with Crippen molar-refractivity contribution in [2.75, 3.05) is 25.9 Å². The molecular formula is C17H25F3N4O3S. The van der Waals surface area contributed by atoms with E-state index in [1.807, 2.05) is 0 Å². The molecule has 0 radical (unpaired) electrons. The third kappa shape index (κ3) is 7.93. The molecule has 0 spiro atoms. The molecule has 0 atom stereocenters. The van der Waals surface area contributed by atoms with Gasteiger partial charge in [0.1, 0.15) is 5.75 Å². The van der Waals surface area contributed by atoms with E-state index in [9.17, 15) is 21.6 Å². The van der Waals surface area contributed by atoms with Gasteiger partial charge in [0.05, 0.1) is 5.75 Å². The molecule has 0 unspecified atom stereocenters. The molecule has 11 heteroatoms. The fourth-order valence-electron chi connectivity index (χ4n) is 2.59. The summed E-state index contributed by atoms with van der Waals surface area (Å²) in [6, 6.07) is 5.76. The van der Waals surface area contributed by atoms with Crippen molar-refractivity contribution in [3.8, 4) is 5.75 Å². The summed E-state index contributed by atoms with van der Waals surface area (Å²) in [5.74, 6) is 0.265. The predicted octanol–water partition coefficient (Wildman–Crippen LogP) is 1.97. The van der Waals surface area contributed by atoms with Gasteiger partial charge in [0, 0.05) is 32.2 Å². The van der Waals surface area contributed by atoms with Gasteiger partial charge in [-0.2, -0.15) is 0 Å². The minimum Gasteiger partial charge on any atom is -0.405 e. The van der Waals surface area contributed by atoms with Crippen molar-refractivity contribution in [2.45, 2.75) is 32.2 Å². The molecule has 158 valence electrons. The lowest BCUT2D eigenvalue weighted by atomic mass is 9.86. The Morgan fingerprint density at radius 2 is 1.96 bits per heavy atom. The zero-order chi connectivity index (χ0) is 20.6. The van der Waals surface area contributed by atoms with E-state index in [0.29, 0.717) is 12.5 Å². The highest BCUT2D eigenvalue weighted by Gasteiger charge is 2.32. The fourth-order valence-corrected chi connectivity index (χ4v) is 3.60. The Kier molecular flexibility index (Phi) is 7.93. The van der Waals surface area contributed by atoms with Crippen molar-refractivity contribution in [2.24, 2.45) is 10.9 Å². The Hall–Kier alpha value is -2.01. The van der Waals surface area contributed by atoms with Gasteiger partial charge in [0.25, 0.3) is 0 Å². The van der Waals surface area contributed by atoms with Crippen molar-refractivity contribution >= 4 is 16.0 Å². The van der Waals surface area contributed by atoms with Crippen LogP contribution < -0.4 is 20.1 Å². The Morgan fingerprint density at radius 3 is 2.57 bits per heavy atom. The van der Waals surface area contributed by atoms with Crippen LogP contribution in [-0.2, 0) is 16.6 Å². The van der Waals surface area contributed by atoms with Crippen LogP contribution in [0.5, 0.6) is 5.75 Å². The monoisotopic (exact) mass is 422 g/mol. The lowest BCUT2D eigenvalue weighted by molar-refractivity contribution is -0.274. The number of aliphatic imine (C=N–C) groups is 1. The first kappa shape index (κ1) is 22.3. The van der Waals surface area contributed by atoms with Gasteiger partial charge in [-0.1, -0.05) is 24.6 Å². The second-order valence-electron chi connectivity index (χ2n) is 6.47. The molecule has 2 rings (SSSR count). The van der Waals surface area contributed by atoms with Gasteiger partial charge in [0.15, 0.2) is 5.96 Å². The maximum atomic E-state index is 12.5. The van der Waals surface area contributed by atoms with Crippen molar-refractivity contribution in [1.82, 2.24) is 15.4 Å². The Morgan fingerprint density at radius 1 is 1.25 bits per heavy atom. The van der Waals surface area contributed by atoms with E-state index < -0.39 is 16.4 Å². The van der Waals surface area contributed by atoms with E-state index in [1.54, 1.807) is 6.07 Å². The molecule has 0 amide bonds. The average molecular weight is 422 g/mol. The zero-order valence-corrected chi connectivity index (χ0v) is 16.4. The first-order valence-corrected chi connectivity index (χ1v) is 10.6. The average Bonchev–Trinajstić information content (AvgIpc) is 2.56. The predicted molar refractivity (Wildman–Crippen MR) is 100 cm³/mol. The van der Waals surface area contributed by atoms with Gasteiger partial charge in [-0.05, 0) is 24.8 Å². The minimum absolute atomic E-state index is 0.0264. The summed E-state index contributed by atoms with van der Waals surface area (Å²) in [4.78, 5) is 3.94. The Labute approximate surface area is 162 Å². The first-order valence-electron chi connectivity index (χ1n) is 8.94. The summed E-state index contributed by atoms with van der Waals surface area (Å²) in [7, 11) is -1.91. The number of nitrogens with one attached hydrogen (secondary N) is 3. The van der Waals surface area contributed by atoms with Gasteiger partial charge < -0.3 is 15.4 Å². The van der Waals surface area contributed by atoms with Crippen molar-refractivity contribution < 1.29 is 26.3 Å². The number of ether oxygens (including phenoxy) is 1. The molecule has 0 heterocycles. The Bertz CT molecular complexity index is 765. The summed E-state index contributed by atoms with van der Waals surface area (Å²) in [6.07, 6.45) is -1.53. The number of hydrogen-bond acceptors (Lipinski definition) is 4. The van der Waals surface area contributed by atoms with Crippen molar-refractivity contribution in [3.05, 3.63) is 29.8 Å². The van der Waals surface area contributed by atoms with E-state index in [0.717, 1.165) is 19.3 Å². The van der Waals surface area contributed by atoms with Gasteiger partial charge >= 0.3 is 6.36 Å². The van der Waals surface area contributed by atoms with Crippen molar-refractivity contribution in [3.63, 3.8) is 0 Å². The third-order valence-electron chi connectivity index (χ3n) is 4.35. The Balaban J connectivity index is 1.78. The second kappa shape index (κ2) is 9.97. The third-order valence-corrected chi connectivity index (χ3v) is 5.70. The van der Waals surface area contributed by atoms with Gasteiger partial charge in [-0.15, -0.1) is 13.2 Å². The van der Waals surface area contributed by atoms with Crippen molar-refractivity contribution in [1.29, 1.82) is 0 Å². The number of guanidine groups is 1. The second-order valence-corrected chi connectivity index (χ2v) is 8.40. The van der Waals surface area contributed by atoms with Crippen LogP contribution in [0.15, 0.2) is 29.3 Å². The summed E-state index contributed by atoms with van der Waals surface area (Å²) >= 11 is 0. The number of nitrogens with zero attached hydrogens (tertiary/aromatic N) is 1. The van der Waals surface area contributed by atoms with Crippen LogP contribution in [0.4, 0.5) is 13.2 Å². The van der Waals surface area contributed by atoms with E-state index >= 15 is 0 Å². The minimum atomic E-state index is -4.78. The number of rotatable bonds is 9. The molecule has 7 nitrogen and oxygen atoms in total. The van der Waals surface area contributed by atoms with Crippen LogP contribution in [0.25, 0.3) is 0 Å². The quantitative estimate of drug-likeness (QED) is 0.418. The van der Waals surface area contributed by atoms with Crippen LogP contribution in [0.1, 0.15) is 24.8 Å². The fraction of sp³-hybridized carbons (Fsp3) is 0.588. The molecule has 1 saturated carbocycles. The van der Waals surface area contributed by atoms with Gasteiger partial charge in [-0.25, -0.2) is 13.1 Å². The molecule has 0 bridgehead atoms. The highest BCUT2D eigenvalue weighted by atomic mass is 32.2. The van der Waals surface area contributed by atoms with Gasteiger partial charge in [-0.3, -0.25) is 4.99 Å². The molecule has 1 aliphatic carbocycles. The van der Waals surface area contributed by atoms with Crippen LogP contribution >= 0.6 is 0 Å². The highest BCUT2D eigenvalue weighted by Crippen LogP contribution is 2.26. The lowest BCUT2D eigenvalue weighted by Crippen LogP contribution is -2.41. The van der Waals surface area contributed by atoms with Crippen LogP contribution in [0.3, 0.4) is 0 Å². The lowest BCUT2D eigenvalue weighted by Gasteiger charge is -2.25. The zero-order valence-electron chi connectivity index (χ0n) is 15.6. The molecule has 28 heavy (non-hydrogen) atoms. The topological polar surface area (TPSA) is 91.8 Å². The molecule has 1 aliphatic rings. The largest absolute Gasteiger partial charge is 0.573 e. The maximum absolute atomic E-state index is 12.5. The maximum Gasteiger partial charge on any atom is 0.573 e. The number of hydrogen-bond donors (Lipinski definition) is 3. The number of benzene rings is 1. The van der Waals surface area contributed by atoms with Crippen LogP contribution in [0.2, 0.25) is 0 Å². The summed E-state index contributed by atoms with van der Waals surface area (Å²) < 4.78 is 67.9. The van der Waals surface area contributed by atoms with Gasteiger partial charge in [0.2, 0.25) is 10.0 Å². The summed E-state index contributed by atoms with van der Waals surface area (Å²) in [5, 5.41) is 5.68. The first-order chi connectivity index (χ1) is 13.2. The molecular weight excluding hydrogens is 397 g/mol. The SMILES string of the molecule is CN=C(NCCS(=O)(=O)NCC1CCC1)NCc1ccccc1OC(F)(F)F. The molecule has 0 saturated heterocycles. The molecule has 1 aromatic carbocycles. The number of sulfonamides is 1. The number of alkyl halides is 3. The number of halogens is 3. The molecule has 3 N–H and O–H groups in total. The number of para-hydroxylation sites is 1. The molecule has 1 aromatic rings. The standard InChI is InChI=1S/C17H25F3N4O3S/c1-21-16(22-9-10-28(25,26)24-11-13-5-4-6-13)23-12-14-7-2-3-8-15(14)27-17(18,19)20/h2-3,7-8,13,24H,4-6,9-12H2,1H3,(H2,21,22,23). The molecule has 0 aromatic heterocycles. The molecule has 1 fully saturated rings. The smallest absolute Gasteiger partial charge is 0.405 e. The highest BCUT2D eigenvalue weighted by molar-refractivity contribution is 7.89. The van der Waals surface area contributed by atoms with E-state index in [2.05, 4.69) is 25.1 Å². The van der Waals surface area contributed by atoms with Crippen LogP contribution in [0, 0.1) is 5.92 Å².